The van der Waals surface area contributed by atoms with Crippen LogP contribution in [0.4, 0.5) is 0 Å². The van der Waals surface area contributed by atoms with Crippen LogP contribution in [0.25, 0.3) is 17.0 Å². The molecule has 2 aromatic carbocycles. The molecule has 0 fully saturated rings. The van der Waals surface area contributed by atoms with E-state index in [1.165, 1.54) is 22.2 Å². The molecule has 3 nitrogen and oxygen atoms in total. The minimum absolute atomic E-state index is 0.0763. The molecular formula is C21H20N2O. The van der Waals surface area contributed by atoms with Crippen LogP contribution in [0.5, 0.6) is 0 Å². The number of benzene rings is 2. The van der Waals surface area contributed by atoms with E-state index in [0.717, 1.165) is 24.0 Å². The quantitative estimate of drug-likeness (QED) is 0.711. The van der Waals surface area contributed by atoms with Crippen molar-refractivity contribution in [3.63, 3.8) is 0 Å². The standard InChI is InChI=1S/C21H20N2O/c1-15-5-4-6-16(13-15)9-10-21(24)23-12-11-20-18(14-23)17-7-2-3-8-19(17)22-20/h2-10,13,22H,11-12,14H2,1H3/b10-9+. The molecule has 0 bridgehead atoms. The fourth-order valence-electron chi connectivity index (χ4n) is 3.40. The first-order valence-corrected chi connectivity index (χ1v) is 8.33. The van der Waals surface area contributed by atoms with Gasteiger partial charge in [-0.2, -0.15) is 0 Å². The molecule has 3 heteroatoms. The number of fused-ring (bicyclic) bond motifs is 3. The van der Waals surface area contributed by atoms with Crippen LogP contribution >= 0.6 is 0 Å². The predicted octanol–water partition coefficient (Wildman–Crippen LogP) is 4.07. The number of carbonyl (C=O) groups is 1. The van der Waals surface area contributed by atoms with Crippen molar-refractivity contribution >= 4 is 22.9 Å². The molecule has 0 saturated heterocycles. The Hall–Kier alpha value is -2.81. The Kier molecular flexibility index (Phi) is 3.69. The molecule has 4 rings (SSSR count). The van der Waals surface area contributed by atoms with Crippen molar-refractivity contribution in [1.82, 2.24) is 9.88 Å². The lowest BCUT2D eigenvalue weighted by Gasteiger charge is -2.26. The molecule has 0 saturated carbocycles. The summed E-state index contributed by atoms with van der Waals surface area (Å²) in [5.74, 6) is 0.0763. The third-order valence-electron chi connectivity index (χ3n) is 4.65. The lowest BCUT2D eigenvalue weighted by atomic mass is 10.0. The molecule has 1 aromatic heterocycles. The zero-order valence-electron chi connectivity index (χ0n) is 13.8. The van der Waals surface area contributed by atoms with Crippen molar-refractivity contribution in [1.29, 1.82) is 0 Å². The molecule has 2 heterocycles. The van der Waals surface area contributed by atoms with Gasteiger partial charge in [-0.1, -0.05) is 48.0 Å². The first-order chi connectivity index (χ1) is 11.7. The van der Waals surface area contributed by atoms with Gasteiger partial charge >= 0.3 is 0 Å². The largest absolute Gasteiger partial charge is 0.358 e. The van der Waals surface area contributed by atoms with Crippen molar-refractivity contribution in [2.75, 3.05) is 6.54 Å². The molecule has 1 amide bonds. The maximum Gasteiger partial charge on any atom is 0.246 e. The zero-order valence-corrected chi connectivity index (χ0v) is 13.8. The highest BCUT2D eigenvalue weighted by Gasteiger charge is 2.22. The topological polar surface area (TPSA) is 36.1 Å². The van der Waals surface area contributed by atoms with Crippen LogP contribution in [-0.2, 0) is 17.8 Å². The molecule has 0 unspecified atom stereocenters. The SMILES string of the molecule is Cc1cccc(/C=C/C(=O)N2CCc3[nH]c4ccccc4c3C2)c1. The molecule has 120 valence electrons. The molecule has 0 spiro atoms. The number of aromatic nitrogens is 1. The number of hydrogen-bond acceptors (Lipinski definition) is 1. The first kappa shape index (κ1) is 14.8. The van der Waals surface area contributed by atoms with E-state index in [1.807, 2.05) is 29.2 Å². The molecular weight excluding hydrogens is 296 g/mol. The van der Waals surface area contributed by atoms with Crippen molar-refractivity contribution in [2.45, 2.75) is 19.9 Å². The van der Waals surface area contributed by atoms with Gasteiger partial charge in [-0.25, -0.2) is 0 Å². The smallest absolute Gasteiger partial charge is 0.246 e. The molecule has 1 aliphatic rings. The Morgan fingerprint density at radius 1 is 1.17 bits per heavy atom. The van der Waals surface area contributed by atoms with Crippen molar-refractivity contribution in [2.24, 2.45) is 0 Å². The second kappa shape index (κ2) is 6.00. The average Bonchev–Trinajstić information content (AvgIpc) is 2.97. The van der Waals surface area contributed by atoms with E-state index in [2.05, 4.69) is 42.2 Å². The number of amides is 1. The van der Waals surface area contributed by atoms with Crippen LogP contribution in [0.15, 0.2) is 54.6 Å². The Morgan fingerprint density at radius 2 is 2.04 bits per heavy atom. The number of para-hydroxylation sites is 1. The summed E-state index contributed by atoms with van der Waals surface area (Å²) in [6.45, 7) is 3.50. The molecule has 24 heavy (non-hydrogen) atoms. The Bertz CT molecular complexity index is 936. The van der Waals surface area contributed by atoms with Crippen molar-refractivity contribution in [3.05, 3.63) is 77.0 Å². The van der Waals surface area contributed by atoms with E-state index < -0.39 is 0 Å². The summed E-state index contributed by atoms with van der Waals surface area (Å²) < 4.78 is 0. The minimum Gasteiger partial charge on any atom is -0.358 e. The average molecular weight is 316 g/mol. The van der Waals surface area contributed by atoms with E-state index >= 15 is 0 Å². The summed E-state index contributed by atoms with van der Waals surface area (Å²) >= 11 is 0. The number of aryl methyl sites for hydroxylation is 1. The van der Waals surface area contributed by atoms with E-state index in [1.54, 1.807) is 6.08 Å². The van der Waals surface area contributed by atoms with Crippen LogP contribution < -0.4 is 0 Å². The predicted molar refractivity (Wildman–Crippen MR) is 97.6 cm³/mol. The number of H-pyrrole nitrogens is 1. The highest BCUT2D eigenvalue weighted by atomic mass is 16.2. The zero-order chi connectivity index (χ0) is 16.5. The van der Waals surface area contributed by atoms with E-state index in [0.29, 0.717) is 6.54 Å². The normalized spacial score (nSPS) is 14.3. The van der Waals surface area contributed by atoms with Crippen LogP contribution in [-0.4, -0.2) is 22.3 Å². The highest BCUT2D eigenvalue weighted by Crippen LogP contribution is 2.27. The molecule has 0 radical (unpaired) electrons. The fourth-order valence-corrected chi connectivity index (χ4v) is 3.40. The highest BCUT2D eigenvalue weighted by molar-refractivity contribution is 5.93. The monoisotopic (exact) mass is 316 g/mol. The number of hydrogen-bond donors (Lipinski definition) is 1. The van der Waals surface area contributed by atoms with Gasteiger partial charge in [0.15, 0.2) is 0 Å². The summed E-state index contributed by atoms with van der Waals surface area (Å²) in [6, 6.07) is 16.5. The maximum atomic E-state index is 12.6. The van der Waals surface area contributed by atoms with Gasteiger partial charge in [0.2, 0.25) is 5.91 Å². The Morgan fingerprint density at radius 3 is 2.92 bits per heavy atom. The van der Waals surface area contributed by atoms with Gasteiger partial charge in [0, 0.05) is 47.7 Å². The third kappa shape index (κ3) is 2.73. The van der Waals surface area contributed by atoms with Crippen molar-refractivity contribution in [3.8, 4) is 0 Å². The number of rotatable bonds is 2. The van der Waals surface area contributed by atoms with E-state index in [-0.39, 0.29) is 5.91 Å². The van der Waals surface area contributed by atoms with Gasteiger partial charge in [-0.15, -0.1) is 0 Å². The molecule has 0 aliphatic carbocycles. The number of carbonyl (C=O) groups excluding carboxylic acids is 1. The maximum absolute atomic E-state index is 12.6. The van der Waals surface area contributed by atoms with Gasteiger partial charge in [-0.3, -0.25) is 4.79 Å². The first-order valence-electron chi connectivity index (χ1n) is 8.33. The summed E-state index contributed by atoms with van der Waals surface area (Å²) in [5, 5.41) is 1.23. The summed E-state index contributed by atoms with van der Waals surface area (Å²) in [6.07, 6.45) is 4.47. The molecule has 3 aromatic rings. The lowest BCUT2D eigenvalue weighted by Crippen LogP contribution is -2.34. The fraction of sp³-hybridized carbons (Fsp3) is 0.190. The van der Waals surface area contributed by atoms with Crippen LogP contribution in [0.2, 0.25) is 0 Å². The molecule has 1 aliphatic heterocycles. The van der Waals surface area contributed by atoms with E-state index in [4.69, 9.17) is 0 Å². The summed E-state index contributed by atoms with van der Waals surface area (Å²) in [7, 11) is 0. The number of nitrogens with one attached hydrogen (secondary N) is 1. The third-order valence-corrected chi connectivity index (χ3v) is 4.65. The van der Waals surface area contributed by atoms with Crippen LogP contribution in [0.3, 0.4) is 0 Å². The van der Waals surface area contributed by atoms with Crippen LogP contribution in [0, 0.1) is 6.92 Å². The van der Waals surface area contributed by atoms with Gasteiger partial charge in [0.1, 0.15) is 0 Å². The van der Waals surface area contributed by atoms with Gasteiger partial charge in [-0.05, 0) is 24.6 Å². The minimum atomic E-state index is 0.0763. The number of aromatic amines is 1. The van der Waals surface area contributed by atoms with E-state index in [9.17, 15) is 4.79 Å². The van der Waals surface area contributed by atoms with Gasteiger partial charge in [0.05, 0.1) is 0 Å². The molecule has 0 atom stereocenters. The Labute approximate surface area is 141 Å². The summed E-state index contributed by atoms with van der Waals surface area (Å²) in [5.41, 5.74) is 5.95. The number of nitrogens with zero attached hydrogens (tertiary/aromatic N) is 1. The van der Waals surface area contributed by atoms with Crippen LogP contribution in [0.1, 0.15) is 22.4 Å². The second-order valence-corrected chi connectivity index (χ2v) is 6.38. The molecule has 1 N–H and O–H groups in total. The van der Waals surface area contributed by atoms with Crippen molar-refractivity contribution < 1.29 is 4.79 Å². The van der Waals surface area contributed by atoms with Gasteiger partial charge in [0.25, 0.3) is 0 Å². The van der Waals surface area contributed by atoms with Gasteiger partial charge < -0.3 is 9.88 Å². The summed E-state index contributed by atoms with van der Waals surface area (Å²) in [4.78, 5) is 18.0. The second-order valence-electron chi connectivity index (χ2n) is 6.38. The Balaban J connectivity index is 1.54. The lowest BCUT2D eigenvalue weighted by molar-refractivity contribution is -0.126.